The molecule has 0 bridgehead atoms. The Morgan fingerprint density at radius 1 is 1.31 bits per heavy atom. The van der Waals surface area contributed by atoms with E-state index in [0.29, 0.717) is 0 Å². The molecule has 1 aromatic rings. The summed E-state index contributed by atoms with van der Waals surface area (Å²) in [7, 11) is 0. The minimum Gasteiger partial charge on any atom is -0.261 e. The molecule has 0 radical (unpaired) electrons. The molecule has 0 atom stereocenters. The van der Waals surface area contributed by atoms with Gasteiger partial charge in [0.2, 0.25) is 0 Å². The number of hydrogen-bond donors (Lipinski definition) is 0. The summed E-state index contributed by atoms with van der Waals surface area (Å²) in [5, 5.41) is 0. The van der Waals surface area contributed by atoms with Gasteiger partial charge in [-0.3, -0.25) is 4.98 Å². The molecule has 0 aromatic carbocycles. The molecule has 0 saturated carbocycles. The maximum atomic E-state index is 12.9. The normalized spacial score (nSPS) is 11.7. The van der Waals surface area contributed by atoms with E-state index in [1.807, 2.05) is 0 Å². The van der Waals surface area contributed by atoms with Crippen molar-refractivity contribution in [3.8, 4) is 0 Å². The molecular formula is C11H16FN. The van der Waals surface area contributed by atoms with Crippen molar-refractivity contribution in [2.45, 2.75) is 39.0 Å². The summed E-state index contributed by atoms with van der Waals surface area (Å²) in [5.41, 5.74) is 1.06. The quantitative estimate of drug-likeness (QED) is 0.697. The molecule has 0 spiro atoms. The lowest BCUT2D eigenvalue weighted by molar-refractivity contribution is 0.434. The number of rotatable bonds is 3. The van der Waals surface area contributed by atoms with Crippen LogP contribution in [0.15, 0.2) is 18.5 Å². The molecule has 0 aliphatic carbocycles. The van der Waals surface area contributed by atoms with E-state index in [9.17, 15) is 4.39 Å². The molecule has 1 nitrogen and oxygen atoms in total. The Morgan fingerprint density at radius 2 is 1.92 bits per heavy atom. The second-order valence-electron chi connectivity index (χ2n) is 3.66. The predicted molar refractivity (Wildman–Crippen MR) is 52.1 cm³/mol. The average Bonchev–Trinajstić information content (AvgIpc) is 2.17. The van der Waals surface area contributed by atoms with Crippen molar-refractivity contribution >= 4 is 0 Å². The van der Waals surface area contributed by atoms with Gasteiger partial charge in [0, 0.05) is 6.20 Å². The Hall–Kier alpha value is -0.920. The van der Waals surface area contributed by atoms with Gasteiger partial charge in [0.05, 0.1) is 6.20 Å². The van der Waals surface area contributed by atoms with Gasteiger partial charge in [-0.2, -0.15) is 0 Å². The fourth-order valence-electron chi connectivity index (χ4n) is 1.40. The number of nitrogens with zero attached hydrogens (tertiary/aromatic N) is 1. The average molecular weight is 181 g/mol. The molecule has 0 N–H and O–H groups in total. The summed E-state index contributed by atoms with van der Waals surface area (Å²) in [4.78, 5) is 3.87. The zero-order chi connectivity index (χ0) is 9.90. The highest BCUT2D eigenvalue weighted by molar-refractivity contribution is 5.20. The van der Waals surface area contributed by atoms with Crippen molar-refractivity contribution in [3.63, 3.8) is 0 Å². The molecule has 0 amide bonds. The van der Waals surface area contributed by atoms with Gasteiger partial charge in [-0.1, -0.05) is 20.8 Å². The maximum Gasteiger partial charge on any atom is 0.141 e. The largest absolute Gasteiger partial charge is 0.261 e. The minimum atomic E-state index is -0.245. The lowest BCUT2D eigenvalue weighted by atomic mass is 9.79. The topological polar surface area (TPSA) is 12.9 Å². The van der Waals surface area contributed by atoms with E-state index in [1.54, 1.807) is 12.3 Å². The Morgan fingerprint density at radius 3 is 2.38 bits per heavy atom. The first kappa shape index (κ1) is 10.2. The van der Waals surface area contributed by atoms with Crippen molar-refractivity contribution in [1.82, 2.24) is 4.98 Å². The van der Waals surface area contributed by atoms with Gasteiger partial charge in [0.25, 0.3) is 0 Å². The molecule has 72 valence electrons. The first-order valence-electron chi connectivity index (χ1n) is 4.73. The number of hydrogen-bond acceptors (Lipinski definition) is 1. The van der Waals surface area contributed by atoms with Crippen molar-refractivity contribution in [2.24, 2.45) is 0 Å². The molecule has 13 heavy (non-hydrogen) atoms. The third-order valence-corrected chi connectivity index (χ3v) is 2.96. The van der Waals surface area contributed by atoms with Gasteiger partial charge in [-0.15, -0.1) is 0 Å². The van der Waals surface area contributed by atoms with Crippen molar-refractivity contribution < 1.29 is 4.39 Å². The summed E-state index contributed by atoms with van der Waals surface area (Å²) >= 11 is 0. The zero-order valence-corrected chi connectivity index (χ0v) is 8.47. The van der Waals surface area contributed by atoms with E-state index in [1.165, 1.54) is 6.20 Å². The first-order chi connectivity index (χ1) is 6.12. The number of aromatic nitrogens is 1. The smallest absolute Gasteiger partial charge is 0.141 e. The van der Waals surface area contributed by atoms with Gasteiger partial charge in [-0.05, 0) is 29.9 Å². The SMILES string of the molecule is CCC(C)(CC)c1cncc(F)c1. The summed E-state index contributed by atoms with van der Waals surface area (Å²) in [5.74, 6) is -0.245. The number of pyridine rings is 1. The van der Waals surface area contributed by atoms with Crippen LogP contribution in [0.2, 0.25) is 0 Å². The summed E-state index contributed by atoms with van der Waals surface area (Å²) in [6.45, 7) is 6.38. The third-order valence-electron chi connectivity index (χ3n) is 2.96. The molecule has 0 saturated heterocycles. The molecular weight excluding hydrogens is 165 g/mol. The molecule has 2 heteroatoms. The summed E-state index contributed by atoms with van der Waals surface area (Å²) < 4.78 is 12.9. The van der Waals surface area contributed by atoms with E-state index in [0.717, 1.165) is 18.4 Å². The third kappa shape index (κ3) is 2.06. The second-order valence-corrected chi connectivity index (χ2v) is 3.66. The van der Waals surface area contributed by atoms with E-state index < -0.39 is 0 Å². The van der Waals surface area contributed by atoms with Crippen LogP contribution in [0.1, 0.15) is 39.2 Å². The van der Waals surface area contributed by atoms with Gasteiger partial charge >= 0.3 is 0 Å². The van der Waals surface area contributed by atoms with Gasteiger partial charge in [0.1, 0.15) is 5.82 Å². The standard InChI is InChI=1S/C11H16FN/c1-4-11(3,5-2)9-6-10(12)8-13-7-9/h6-8H,4-5H2,1-3H3. The van der Waals surface area contributed by atoms with Gasteiger partial charge in [-0.25, -0.2) is 4.39 Å². The van der Waals surface area contributed by atoms with Crippen LogP contribution in [-0.2, 0) is 5.41 Å². The van der Waals surface area contributed by atoms with Crippen LogP contribution in [0.5, 0.6) is 0 Å². The fraction of sp³-hybridized carbons (Fsp3) is 0.545. The maximum absolute atomic E-state index is 12.9. The van der Waals surface area contributed by atoms with Crippen LogP contribution in [0.4, 0.5) is 4.39 Å². The van der Waals surface area contributed by atoms with E-state index >= 15 is 0 Å². The van der Waals surface area contributed by atoms with Crippen molar-refractivity contribution in [2.75, 3.05) is 0 Å². The monoisotopic (exact) mass is 181 g/mol. The lowest BCUT2D eigenvalue weighted by Crippen LogP contribution is -2.19. The van der Waals surface area contributed by atoms with Crippen molar-refractivity contribution in [3.05, 3.63) is 29.8 Å². The highest BCUT2D eigenvalue weighted by Crippen LogP contribution is 2.30. The molecule has 1 aromatic heterocycles. The van der Waals surface area contributed by atoms with Crippen LogP contribution >= 0.6 is 0 Å². The number of halogens is 1. The highest BCUT2D eigenvalue weighted by Gasteiger charge is 2.22. The van der Waals surface area contributed by atoms with Gasteiger partial charge in [0.15, 0.2) is 0 Å². The highest BCUT2D eigenvalue weighted by atomic mass is 19.1. The van der Waals surface area contributed by atoms with Crippen LogP contribution in [0.25, 0.3) is 0 Å². The first-order valence-corrected chi connectivity index (χ1v) is 4.73. The minimum absolute atomic E-state index is 0.0646. The summed E-state index contributed by atoms with van der Waals surface area (Å²) in [6, 6.07) is 1.58. The van der Waals surface area contributed by atoms with Crippen LogP contribution in [0.3, 0.4) is 0 Å². The Kier molecular flexibility index (Phi) is 3.02. The molecule has 1 heterocycles. The van der Waals surface area contributed by atoms with E-state index in [-0.39, 0.29) is 11.2 Å². The Balaban J connectivity index is 3.05. The Labute approximate surface area is 79.0 Å². The molecule has 1 rings (SSSR count). The molecule has 0 aliphatic rings. The van der Waals surface area contributed by atoms with E-state index in [4.69, 9.17) is 0 Å². The van der Waals surface area contributed by atoms with Crippen LogP contribution in [-0.4, -0.2) is 4.98 Å². The van der Waals surface area contributed by atoms with Gasteiger partial charge < -0.3 is 0 Å². The summed E-state index contributed by atoms with van der Waals surface area (Å²) in [6.07, 6.45) is 5.02. The lowest BCUT2D eigenvalue weighted by Gasteiger charge is -2.26. The van der Waals surface area contributed by atoms with Crippen molar-refractivity contribution in [1.29, 1.82) is 0 Å². The van der Waals surface area contributed by atoms with Crippen LogP contribution < -0.4 is 0 Å². The fourth-order valence-corrected chi connectivity index (χ4v) is 1.40. The van der Waals surface area contributed by atoms with Crippen LogP contribution in [0, 0.1) is 5.82 Å². The zero-order valence-electron chi connectivity index (χ0n) is 8.47. The second kappa shape index (κ2) is 3.86. The molecule has 0 fully saturated rings. The Bertz CT molecular complexity index is 279. The predicted octanol–water partition coefficient (Wildman–Crippen LogP) is 3.30. The molecule has 0 aliphatic heterocycles. The van der Waals surface area contributed by atoms with E-state index in [2.05, 4.69) is 25.8 Å². The molecule has 0 unspecified atom stereocenters.